The van der Waals surface area contributed by atoms with Gasteiger partial charge in [0.1, 0.15) is 11.6 Å². The largest absolute Gasteiger partial charge is 0.320 e. The van der Waals surface area contributed by atoms with Gasteiger partial charge in [0.05, 0.1) is 18.4 Å². The van der Waals surface area contributed by atoms with Gasteiger partial charge in [0.2, 0.25) is 0 Å². The third-order valence-corrected chi connectivity index (χ3v) is 4.68. The summed E-state index contributed by atoms with van der Waals surface area (Å²) in [5.74, 6) is -0.278. The zero-order valence-corrected chi connectivity index (χ0v) is 14.5. The first-order valence-corrected chi connectivity index (χ1v) is 8.36. The minimum atomic E-state index is -0.447. The second-order valence-corrected chi connectivity index (χ2v) is 6.38. The summed E-state index contributed by atoms with van der Waals surface area (Å²) in [5, 5.41) is 0. The molecule has 5 nitrogen and oxygen atoms in total. The molecule has 2 aromatic carbocycles. The molecular weight excluding hydrogens is 387 g/mol. The first-order chi connectivity index (χ1) is 12.1. The van der Waals surface area contributed by atoms with Gasteiger partial charge < -0.3 is 9.55 Å². The smallest absolute Gasteiger partial charge is 0.277 e. The Bertz CT molecular complexity index is 1140. The summed E-state index contributed by atoms with van der Waals surface area (Å²) >= 11 is 3.50. The molecule has 4 rings (SSSR count). The molecule has 0 aliphatic rings. The number of halogens is 2. The van der Waals surface area contributed by atoms with E-state index in [0.717, 1.165) is 10.0 Å². The van der Waals surface area contributed by atoms with Crippen LogP contribution in [0.4, 0.5) is 4.39 Å². The number of aromatic nitrogens is 4. The molecule has 7 heteroatoms. The Morgan fingerprint density at radius 2 is 1.88 bits per heavy atom. The van der Waals surface area contributed by atoms with Crippen molar-refractivity contribution in [1.29, 1.82) is 0 Å². The topological polar surface area (TPSA) is 63.6 Å². The molecule has 0 amide bonds. The molecule has 0 saturated heterocycles. The van der Waals surface area contributed by atoms with Gasteiger partial charge in [0, 0.05) is 4.47 Å². The van der Waals surface area contributed by atoms with Crippen molar-refractivity contribution < 1.29 is 4.39 Å². The molecule has 0 saturated carbocycles. The molecule has 0 aliphatic heterocycles. The summed E-state index contributed by atoms with van der Waals surface area (Å²) in [4.78, 5) is 23.7. The number of aromatic amines is 1. The summed E-state index contributed by atoms with van der Waals surface area (Å²) in [6, 6.07) is 13.9. The second-order valence-electron chi connectivity index (χ2n) is 5.53. The fourth-order valence-corrected chi connectivity index (χ4v) is 3.11. The summed E-state index contributed by atoms with van der Waals surface area (Å²) in [7, 11) is 0. The van der Waals surface area contributed by atoms with E-state index in [1.165, 1.54) is 6.07 Å². The van der Waals surface area contributed by atoms with E-state index < -0.39 is 5.82 Å². The van der Waals surface area contributed by atoms with Crippen LogP contribution < -0.4 is 5.56 Å². The van der Waals surface area contributed by atoms with Crippen LogP contribution in [0.25, 0.3) is 22.6 Å². The van der Waals surface area contributed by atoms with Crippen molar-refractivity contribution in [3.63, 3.8) is 0 Å². The maximum atomic E-state index is 14.0. The third-order valence-electron chi connectivity index (χ3n) is 3.91. The van der Waals surface area contributed by atoms with Crippen LogP contribution in [0, 0.1) is 5.82 Å². The van der Waals surface area contributed by atoms with Gasteiger partial charge in [-0.25, -0.2) is 14.4 Å². The molecular formula is C18H12BrFN4O. The van der Waals surface area contributed by atoms with Crippen LogP contribution >= 0.6 is 15.9 Å². The number of nitrogens with one attached hydrogen (secondary N) is 1. The van der Waals surface area contributed by atoms with Crippen molar-refractivity contribution in [1.82, 2.24) is 19.5 Å². The van der Waals surface area contributed by atoms with Gasteiger partial charge in [0.15, 0.2) is 11.2 Å². The molecule has 2 aromatic heterocycles. The average molecular weight is 399 g/mol. The molecule has 0 radical (unpaired) electrons. The first-order valence-electron chi connectivity index (χ1n) is 7.57. The number of hydrogen-bond acceptors (Lipinski definition) is 3. The van der Waals surface area contributed by atoms with Crippen LogP contribution in [-0.2, 0) is 6.54 Å². The zero-order chi connectivity index (χ0) is 17.4. The standard InChI is InChI=1S/C18H12BrFN4O/c19-13-7-3-1-5-11(13)9-24-10-21-17-15(24)18(25)23-16(22-17)12-6-2-4-8-14(12)20/h1-8,10H,9H2,(H,22,23,25). The van der Waals surface area contributed by atoms with E-state index in [2.05, 4.69) is 30.9 Å². The molecule has 0 bridgehead atoms. The molecule has 2 heterocycles. The zero-order valence-electron chi connectivity index (χ0n) is 12.9. The van der Waals surface area contributed by atoms with Crippen molar-refractivity contribution in [2.45, 2.75) is 6.54 Å². The van der Waals surface area contributed by atoms with Crippen molar-refractivity contribution in [3.05, 3.63) is 81.1 Å². The summed E-state index contributed by atoms with van der Waals surface area (Å²) < 4.78 is 16.6. The van der Waals surface area contributed by atoms with Crippen molar-refractivity contribution >= 4 is 27.1 Å². The molecule has 4 aromatic rings. The van der Waals surface area contributed by atoms with Crippen molar-refractivity contribution in [3.8, 4) is 11.4 Å². The van der Waals surface area contributed by atoms with Gasteiger partial charge >= 0.3 is 0 Å². The SMILES string of the molecule is O=c1[nH]c(-c2ccccc2F)nc2ncn(Cc3ccccc3Br)c12. The highest BCUT2D eigenvalue weighted by Crippen LogP contribution is 2.21. The minimum absolute atomic E-state index is 0.168. The van der Waals surface area contributed by atoms with Crippen molar-refractivity contribution in [2.75, 3.05) is 0 Å². The predicted molar refractivity (Wildman–Crippen MR) is 96.8 cm³/mol. The van der Waals surface area contributed by atoms with Crippen LogP contribution in [-0.4, -0.2) is 19.5 Å². The number of nitrogens with zero attached hydrogens (tertiary/aromatic N) is 3. The third kappa shape index (κ3) is 2.87. The lowest BCUT2D eigenvalue weighted by Crippen LogP contribution is -2.14. The van der Waals surface area contributed by atoms with Gasteiger partial charge in [-0.05, 0) is 23.8 Å². The van der Waals surface area contributed by atoms with E-state index in [4.69, 9.17) is 0 Å². The monoisotopic (exact) mass is 398 g/mol. The highest BCUT2D eigenvalue weighted by atomic mass is 79.9. The molecule has 1 N–H and O–H groups in total. The summed E-state index contributed by atoms with van der Waals surface area (Å²) in [5.41, 5.74) is 1.54. The average Bonchev–Trinajstić information content (AvgIpc) is 3.01. The summed E-state index contributed by atoms with van der Waals surface area (Å²) in [6.07, 6.45) is 1.57. The number of H-pyrrole nitrogens is 1. The molecule has 0 fully saturated rings. The lowest BCUT2D eigenvalue weighted by molar-refractivity contribution is 0.630. The van der Waals surface area contributed by atoms with E-state index >= 15 is 0 Å². The number of fused-ring (bicyclic) bond motifs is 1. The Morgan fingerprint density at radius 3 is 2.68 bits per heavy atom. The number of rotatable bonds is 3. The number of benzene rings is 2. The summed E-state index contributed by atoms with van der Waals surface area (Å²) in [6.45, 7) is 0.474. The Labute approximate surface area is 150 Å². The Balaban J connectivity index is 1.82. The fourth-order valence-electron chi connectivity index (χ4n) is 2.70. The molecule has 25 heavy (non-hydrogen) atoms. The van der Waals surface area contributed by atoms with Crippen LogP contribution in [0.15, 0.2) is 64.1 Å². The van der Waals surface area contributed by atoms with Crippen LogP contribution in [0.5, 0.6) is 0 Å². The number of imidazole rings is 1. The van der Waals surface area contributed by atoms with Gasteiger partial charge in [-0.15, -0.1) is 0 Å². The second kappa shape index (κ2) is 6.25. The van der Waals surface area contributed by atoms with Gasteiger partial charge in [-0.2, -0.15) is 0 Å². The van der Waals surface area contributed by atoms with E-state index in [1.54, 1.807) is 29.1 Å². The molecule has 0 aliphatic carbocycles. The van der Waals surface area contributed by atoms with Crippen molar-refractivity contribution in [2.24, 2.45) is 0 Å². The van der Waals surface area contributed by atoms with Gasteiger partial charge in [-0.1, -0.05) is 46.3 Å². The lowest BCUT2D eigenvalue weighted by atomic mass is 10.2. The highest BCUT2D eigenvalue weighted by molar-refractivity contribution is 9.10. The van der Waals surface area contributed by atoms with Crippen LogP contribution in [0.3, 0.4) is 0 Å². The Kier molecular flexibility index (Phi) is 3.93. The quantitative estimate of drug-likeness (QED) is 0.571. The lowest BCUT2D eigenvalue weighted by Gasteiger charge is -2.07. The fraction of sp³-hybridized carbons (Fsp3) is 0.0556. The highest BCUT2D eigenvalue weighted by Gasteiger charge is 2.14. The molecule has 0 unspecified atom stereocenters. The Hall–Kier alpha value is -2.80. The molecule has 124 valence electrons. The molecule has 0 spiro atoms. The van der Waals surface area contributed by atoms with Crippen LogP contribution in [0.2, 0.25) is 0 Å². The Morgan fingerprint density at radius 1 is 1.12 bits per heavy atom. The normalized spacial score (nSPS) is 11.1. The minimum Gasteiger partial charge on any atom is -0.320 e. The molecule has 0 atom stereocenters. The van der Waals surface area contributed by atoms with E-state index in [-0.39, 0.29) is 22.6 Å². The number of hydrogen-bond donors (Lipinski definition) is 1. The predicted octanol–water partition coefficient (Wildman–Crippen LogP) is 3.74. The van der Waals surface area contributed by atoms with E-state index in [9.17, 15) is 9.18 Å². The van der Waals surface area contributed by atoms with E-state index in [1.807, 2.05) is 24.3 Å². The van der Waals surface area contributed by atoms with Gasteiger partial charge in [0.25, 0.3) is 5.56 Å². The van der Waals surface area contributed by atoms with E-state index in [0.29, 0.717) is 12.1 Å². The van der Waals surface area contributed by atoms with Crippen LogP contribution in [0.1, 0.15) is 5.56 Å². The van der Waals surface area contributed by atoms with Gasteiger partial charge in [-0.3, -0.25) is 4.79 Å². The maximum Gasteiger partial charge on any atom is 0.277 e. The maximum absolute atomic E-state index is 14.0. The first kappa shape index (κ1) is 15.7.